The molecule has 1 nitrogen and oxygen atoms in total. The van der Waals surface area contributed by atoms with Gasteiger partial charge >= 0.3 is 0 Å². The Hall–Kier alpha value is -5.19. The van der Waals surface area contributed by atoms with Crippen LogP contribution in [0.15, 0.2) is 177 Å². The maximum Gasteiger partial charge on any atom is 0.193 e. The summed E-state index contributed by atoms with van der Waals surface area (Å²) in [7, 11) is 0. The second-order valence-electron chi connectivity index (χ2n) is 9.86. The molecule has 6 aromatic carbocycles. The zero-order chi connectivity index (χ0) is 30.0. The van der Waals surface area contributed by atoms with Crippen molar-refractivity contribution in [3.05, 3.63) is 191 Å². The summed E-state index contributed by atoms with van der Waals surface area (Å²) in [6, 6.07) is 52.0. The molecule has 0 atom stereocenters. The van der Waals surface area contributed by atoms with Crippen molar-refractivity contribution in [1.29, 1.82) is 0 Å². The maximum absolute atomic E-state index is 13.1. The number of carbonyl (C=O) groups is 1. The van der Waals surface area contributed by atoms with Crippen molar-refractivity contribution in [3.8, 4) is 23.7 Å². The van der Waals surface area contributed by atoms with Crippen LogP contribution in [-0.4, -0.2) is 5.78 Å². The Morgan fingerprint density at radius 1 is 0.341 bits per heavy atom. The van der Waals surface area contributed by atoms with Crippen molar-refractivity contribution >= 4 is 29.3 Å². The molecular formula is C41H26OS2. The van der Waals surface area contributed by atoms with Gasteiger partial charge in [0.05, 0.1) is 0 Å². The molecule has 0 amide bonds. The number of rotatable bonds is 6. The Labute approximate surface area is 267 Å². The van der Waals surface area contributed by atoms with Crippen LogP contribution in [0.25, 0.3) is 0 Å². The van der Waals surface area contributed by atoms with Crippen LogP contribution in [0.2, 0.25) is 0 Å². The summed E-state index contributed by atoms with van der Waals surface area (Å²) in [5.41, 5.74) is 4.88. The van der Waals surface area contributed by atoms with E-state index >= 15 is 0 Å². The summed E-state index contributed by atoms with van der Waals surface area (Å²) in [5, 5.41) is 0. The molecule has 0 aliphatic carbocycles. The Morgan fingerprint density at radius 3 is 0.932 bits per heavy atom. The largest absolute Gasteiger partial charge is 0.289 e. The van der Waals surface area contributed by atoms with E-state index in [0.29, 0.717) is 11.1 Å². The topological polar surface area (TPSA) is 17.1 Å². The molecule has 6 rings (SSSR count). The lowest BCUT2D eigenvalue weighted by atomic mass is 10.0. The van der Waals surface area contributed by atoms with E-state index in [9.17, 15) is 4.79 Å². The molecular weight excluding hydrogens is 573 g/mol. The van der Waals surface area contributed by atoms with Crippen LogP contribution in [0, 0.1) is 23.7 Å². The average Bonchev–Trinajstić information content (AvgIpc) is 3.09. The van der Waals surface area contributed by atoms with E-state index in [1.54, 1.807) is 23.5 Å². The summed E-state index contributed by atoms with van der Waals surface area (Å²) in [4.78, 5) is 17.8. The lowest BCUT2D eigenvalue weighted by Gasteiger charge is -2.02. The molecule has 0 heterocycles. The molecule has 0 saturated heterocycles. The van der Waals surface area contributed by atoms with E-state index < -0.39 is 0 Å². The van der Waals surface area contributed by atoms with Crippen molar-refractivity contribution in [3.63, 3.8) is 0 Å². The first-order chi connectivity index (χ1) is 21.7. The summed E-state index contributed by atoms with van der Waals surface area (Å²) in [6.45, 7) is 0. The van der Waals surface area contributed by atoms with Gasteiger partial charge in [-0.3, -0.25) is 4.79 Å². The number of benzene rings is 6. The first kappa shape index (κ1) is 28.9. The average molecular weight is 599 g/mol. The van der Waals surface area contributed by atoms with Crippen LogP contribution < -0.4 is 0 Å². The first-order valence-corrected chi connectivity index (χ1v) is 15.8. The van der Waals surface area contributed by atoms with Crippen molar-refractivity contribution in [2.75, 3.05) is 0 Å². The zero-order valence-corrected chi connectivity index (χ0v) is 25.4. The summed E-state index contributed by atoms with van der Waals surface area (Å²) in [5.74, 6) is 12.8. The van der Waals surface area contributed by atoms with Gasteiger partial charge in [0.15, 0.2) is 5.78 Å². The predicted octanol–water partition coefficient (Wildman–Crippen LogP) is 10.0. The third-order valence-corrected chi connectivity index (χ3v) is 8.69. The highest BCUT2D eigenvalue weighted by Crippen LogP contribution is 2.28. The first-order valence-electron chi connectivity index (χ1n) is 14.1. The van der Waals surface area contributed by atoms with Gasteiger partial charge in [-0.15, -0.1) is 0 Å². The minimum Gasteiger partial charge on any atom is -0.289 e. The molecule has 0 N–H and O–H groups in total. The molecule has 0 radical (unpaired) electrons. The summed E-state index contributed by atoms with van der Waals surface area (Å²) < 4.78 is 0. The highest BCUT2D eigenvalue weighted by atomic mass is 32.2. The molecule has 0 bridgehead atoms. The van der Waals surface area contributed by atoms with Crippen molar-refractivity contribution < 1.29 is 4.79 Å². The Morgan fingerprint density at radius 2 is 0.614 bits per heavy atom. The fraction of sp³-hybridized carbons (Fsp3) is 0. The number of hydrogen-bond acceptors (Lipinski definition) is 3. The molecule has 0 unspecified atom stereocenters. The highest BCUT2D eigenvalue weighted by molar-refractivity contribution is 7.99. The minimum absolute atomic E-state index is 0.0259. The van der Waals surface area contributed by atoms with Gasteiger partial charge in [0.2, 0.25) is 0 Å². The zero-order valence-electron chi connectivity index (χ0n) is 23.7. The van der Waals surface area contributed by atoms with Gasteiger partial charge in [-0.1, -0.05) is 83.6 Å². The van der Waals surface area contributed by atoms with Crippen molar-refractivity contribution in [2.24, 2.45) is 0 Å². The molecule has 208 valence electrons. The van der Waals surface area contributed by atoms with Gasteiger partial charge in [-0.2, -0.15) is 0 Å². The van der Waals surface area contributed by atoms with E-state index in [1.807, 2.05) is 109 Å². The lowest BCUT2D eigenvalue weighted by molar-refractivity contribution is 0.103. The van der Waals surface area contributed by atoms with E-state index in [1.165, 1.54) is 19.6 Å². The van der Waals surface area contributed by atoms with E-state index in [0.717, 1.165) is 22.3 Å². The molecule has 44 heavy (non-hydrogen) atoms. The molecule has 0 fully saturated rings. The standard InChI is InChI=1S/C41H26OS2/c42-41(35-23-15-31(16-24-35)11-13-33-19-27-39(28-20-33)43-37-7-3-1-4-8-37)36-25-17-32(18-26-36)12-14-34-21-29-40(30-22-34)44-38-9-5-2-6-10-38/h1-10,15-30H. The van der Waals surface area contributed by atoms with Gasteiger partial charge in [0.25, 0.3) is 0 Å². The summed E-state index contributed by atoms with van der Waals surface area (Å²) >= 11 is 3.46. The van der Waals surface area contributed by atoms with Gasteiger partial charge in [-0.25, -0.2) is 0 Å². The summed E-state index contributed by atoms with van der Waals surface area (Å²) in [6.07, 6.45) is 0. The maximum atomic E-state index is 13.1. The highest BCUT2D eigenvalue weighted by Gasteiger charge is 2.08. The second kappa shape index (κ2) is 14.3. The third kappa shape index (κ3) is 8.00. The Bertz CT molecular complexity index is 1820. The Balaban J connectivity index is 1.04. The van der Waals surface area contributed by atoms with Crippen LogP contribution in [-0.2, 0) is 0 Å². The molecule has 0 aliphatic rings. The van der Waals surface area contributed by atoms with Crippen LogP contribution in [0.5, 0.6) is 0 Å². The Kier molecular flexibility index (Phi) is 9.41. The number of ketones is 1. The second-order valence-corrected chi connectivity index (χ2v) is 12.2. The smallest absolute Gasteiger partial charge is 0.193 e. The fourth-order valence-corrected chi connectivity index (χ4v) is 6.00. The fourth-order valence-electron chi connectivity index (χ4n) is 4.33. The normalized spacial score (nSPS) is 10.2. The molecule has 0 saturated carbocycles. The molecule has 0 aliphatic heterocycles. The third-order valence-electron chi connectivity index (χ3n) is 6.66. The van der Waals surface area contributed by atoms with E-state index in [-0.39, 0.29) is 5.78 Å². The lowest BCUT2D eigenvalue weighted by Crippen LogP contribution is -2.01. The van der Waals surface area contributed by atoms with Crippen LogP contribution >= 0.6 is 23.5 Å². The van der Waals surface area contributed by atoms with Crippen molar-refractivity contribution in [1.82, 2.24) is 0 Å². The number of carbonyl (C=O) groups excluding carboxylic acids is 1. The predicted molar refractivity (Wildman–Crippen MR) is 182 cm³/mol. The van der Waals surface area contributed by atoms with Gasteiger partial charge < -0.3 is 0 Å². The minimum atomic E-state index is -0.0259. The van der Waals surface area contributed by atoms with E-state index in [4.69, 9.17) is 0 Å². The van der Waals surface area contributed by atoms with Gasteiger partial charge in [-0.05, 0) is 121 Å². The van der Waals surface area contributed by atoms with Crippen LogP contribution in [0.1, 0.15) is 38.2 Å². The molecule has 6 aromatic rings. The van der Waals surface area contributed by atoms with Gasteiger partial charge in [0, 0.05) is 53.0 Å². The van der Waals surface area contributed by atoms with Crippen LogP contribution in [0.3, 0.4) is 0 Å². The molecule has 3 heteroatoms. The van der Waals surface area contributed by atoms with E-state index in [2.05, 4.69) is 72.2 Å². The molecule has 0 aromatic heterocycles. The SMILES string of the molecule is O=C(c1ccc(C#Cc2ccc(Sc3ccccc3)cc2)cc1)c1ccc(C#Cc2ccc(Sc3ccccc3)cc2)cc1. The van der Waals surface area contributed by atoms with Crippen LogP contribution in [0.4, 0.5) is 0 Å². The molecule has 0 spiro atoms. The van der Waals surface area contributed by atoms with Gasteiger partial charge in [0.1, 0.15) is 0 Å². The number of hydrogen-bond donors (Lipinski definition) is 0. The van der Waals surface area contributed by atoms with Crippen molar-refractivity contribution in [2.45, 2.75) is 19.6 Å². The quantitative estimate of drug-likeness (QED) is 0.140. The monoisotopic (exact) mass is 598 g/mol.